The van der Waals surface area contributed by atoms with Crippen molar-refractivity contribution in [1.29, 1.82) is 0 Å². The molecular weight excluding hydrogens is 469 g/mol. The molecule has 1 saturated heterocycles. The molecule has 2 aromatic rings. The first kappa shape index (κ1) is 22.3. The van der Waals surface area contributed by atoms with Crippen molar-refractivity contribution in [3.05, 3.63) is 30.6 Å². The van der Waals surface area contributed by atoms with Gasteiger partial charge in [-0.3, -0.25) is 4.99 Å². The van der Waals surface area contributed by atoms with E-state index in [0.29, 0.717) is 0 Å². The first-order chi connectivity index (χ1) is 13.3. The van der Waals surface area contributed by atoms with Crippen LogP contribution in [0.25, 0.3) is 0 Å². The number of nitrogens with one attached hydrogen (secondary N) is 1. The smallest absolute Gasteiger partial charge is 0.225 e. The molecular formula is C18H30IN9. The van der Waals surface area contributed by atoms with Crippen LogP contribution in [0, 0.1) is 0 Å². The van der Waals surface area contributed by atoms with Crippen LogP contribution in [0.1, 0.15) is 26.1 Å². The Hall–Kier alpha value is -1.98. The van der Waals surface area contributed by atoms with Gasteiger partial charge in [-0.05, 0) is 12.5 Å². The monoisotopic (exact) mass is 499 g/mol. The molecule has 0 bridgehead atoms. The van der Waals surface area contributed by atoms with Gasteiger partial charge in [-0.2, -0.15) is 0 Å². The molecule has 154 valence electrons. The van der Waals surface area contributed by atoms with Crippen molar-refractivity contribution in [1.82, 2.24) is 34.9 Å². The number of anilines is 1. The quantitative estimate of drug-likeness (QED) is 0.351. The fourth-order valence-electron chi connectivity index (χ4n) is 3.09. The predicted octanol–water partition coefficient (Wildman–Crippen LogP) is 1.43. The van der Waals surface area contributed by atoms with Crippen LogP contribution in [0.4, 0.5) is 5.95 Å². The van der Waals surface area contributed by atoms with Crippen LogP contribution in [-0.2, 0) is 13.0 Å². The zero-order chi connectivity index (χ0) is 18.9. The summed E-state index contributed by atoms with van der Waals surface area (Å²) >= 11 is 0. The van der Waals surface area contributed by atoms with E-state index < -0.39 is 0 Å². The van der Waals surface area contributed by atoms with Crippen molar-refractivity contribution in [2.75, 3.05) is 44.2 Å². The molecule has 0 saturated carbocycles. The molecule has 3 rings (SSSR count). The molecule has 1 N–H and O–H groups in total. The highest BCUT2D eigenvalue weighted by Crippen LogP contribution is 2.10. The van der Waals surface area contributed by atoms with E-state index in [4.69, 9.17) is 4.99 Å². The molecule has 0 aliphatic carbocycles. The number of piperazine rings is 1. The highest BCUT2D eigenvalue weighted by molar-refractivity contribution is 14.0. The maximum absolute atomic E-state index is 4.77. The Balaban J connectivity index is 0.00000280. The summed E-state index contributed by atoms with van der Waals surface area (Å²) in [5.74, 6) is 2.80. The molecule has 3 heterocycles. The van der Waals surface area contributed by atoms with Crippen LogP contribution in [0.5, 0.6) is 0 Å². The summed E-state index contributed by atoms with van der Waals surface area (Å²) in [7, 11) is 0. The number of nitrogens with zero attached hydrogens (tertiary/aromatic N) is 8. The molecule has 1 aliphatic rings. The van der Waals surface area contributed by atoms with Gasteiger partial charge in [0.25, 0.3) is 0 Å². The SMILES string of the molecule is CCCN=C(NCCn1cnnc1CC)N1CCN(c2ncccn2)CC1.I. The summed E-state index contributed by atoms with van der Waals surface area (Å²) in [6.07, 6.45) is 7.30. The van der Waals surface area contributed by atoms with E-state index in [-0.39, 0.29) is 24.0 Å². The summed E-state index contributed by atoms with van der Waals surface area (Å²) < 4.78 is 2.09. The first-order valence-electron chi connectivity index (χ1n) is 9.73. The van der Waals surface area contributed by atoms with Gasteiger partial charge in [0.05, 0.1) is 0 Å². The molecule has 0 aromatic carbocycles. The third kappa shape index (κ3) is 6.01. The third-order valence-electron chi connectivity index (χ3n) is 4.55. The Bertz CT molecular complexity index is 711. The Labute approximate surface area is 183 Å². The van der Waals surface area contributed by atoms with Gasteiger partial charge in [-0.25, -0.2) is 9.97 Å². The zero-order valence-electron chi connectivity index (χ0n) is 16.7. The van der Waals surface area contributed by atoms with Gasteiger partial charge in [-0.1, -0.05) is 13.8 Å². The number of hydrogen-bond donors (Lipinski definition) is 1. The number of guanidine groups is 1. The Kier molecular flexibility index (Phi) is 9.38. The Morgan fingerprint density at radius 1 is 1.14 bits per heavy atom. The lowest BCUT2D eigenvalue weighted by molar-refractivity contribution is 0.368. The van der Waals surface area contributed by atoms with Gasteiger partial charge < -0.3 is 19.7 Å². The average molecular weight is 499 g/mol. The highest BCUT2D eigenvalue weighted by atomic mass is 127. The molecule has 2 aromatic heterocycles. The van der Waals surface area contributed by atoms with Gasteiger partial charge in [0, 0.05) is 64.6 Å². The molecule has 0 amide bonds. The normalized spacial score (nSPS) is 14.7. The van der Waals surface area contributed by atoms with E-state index in [1.165, 1.54) is 0 Å². The van der Waals surface area contributed by atoms with Gasteiger partial charge in [0.1, 0.15) is 12.2 Å². The second-order valence-corrected chi connectivity index (χ2v) is 6.45. The van der Waals surface area contributed by atoms with E-state index in [9.17, 15) is 0 Å². The second kappa shape index (κ2) is 11.8. The maximum Gasteiger partial charge on any atom is 0.225 e. The second-order valence-electron chi connectivity index (χ2n) is 6.45. The van der Waals surface area contributed by atoms with E-state index >= 15 is 0 Å². The molecule has 0 spiro atoms. The number of rotatable bonds is 7. The summed E-state index contributed by atoms with van der Waals surface area (Å²) in [6, 6.07) is 1.85. The van der Waals surface area contributed by atoms with Crippen molar-refractivity contribution in [2.24, 2.45) is 4.99 Å². The van der Waals surface area contributed by atoms with Crippen molar-refractivity contribution in [3.63, 3.8) is 0 Å². The van der Waals surface area contributed by atoms with E-state index in [1.54, 1.807) is 18.7 Å². The molecule has 28 heavy (non-hydrogen) atoms. The van der Waals surface area contributed by atoms with Crippen LogP contribution >= 0.6 is 24.0 Å². The Morgan fingerprint density at radius 2 is 1.89 bits per heavy atom. The van der Waals surface area contributed by atoms with E-state index in [1.807, 2.05) is 6.07 Å². The Morgan fingerprint density at radius 3 is 2.57 bits per heavy atom. The lowest BCUT2D eigenvalue weighted by Gasteiger charge is -2.36. The predicted molar refractivity (Wildman–Crippen MR) is 121 cm³/mol. The van der Waals surface area contributed by atoms with Crippen molar-refractivity contribution < 1.29 is 0 Å². The lowest BCUT2D eigenvalue weighted by Crippen LogP contribution is -2.53. The summed E-state index contributed by atoms with van der Waals surface area (Å²) in [5.41, 5.74) is 0. The molecule has 9 nitrogen and oxygen atoms in total. The summed E-state index contributed by atoms with van der Waals surface area (Å²) in [4.78, 5) is 18.0. The van der Waals surface area contributed by atoms with Crippen molar-refractivity contribution >= 4 is 35.9 Å². The average Bonchev–Trinajstić information content (AvgIpc) is 3.19. The first-order valence-corrected chi connectivity index (χ1v) is 9.73. The molecule has 0 atom stereocenters. The minimum absolute atomic E-state index is 0. The molecule has 1 fully saturated rings. The number of aromatic nitrogens is 5. The minimum Gasteiger partial charge on any atom is -0.354 e. The minimum atomic E-state index is 0. The van der Waals surface area contributed by atoms with E-state index in [0.717, 1.165) is 76.4 Å². The van der Waals surface area contributed by atoms with E-state index in [2.05, 4.69) is 53.7 Å². The number of aliphatic imine (C=N–C) groups is 1. The standard InChI is InChI=1S/C18H29N9.HI/c1-3-6-19-17(22-9-10-27-15-23-24-16(27)4-2)25-11-13-26(14-12-25)18-20-7-5-8-21-18;/h5,7-8,15H,3-4,6,9-14H2,1-2H3,(H,19,22);1H. The topological polar surface area (TPSA) is 87.4 Å². The fourth-order valence-corrected chi connectivity index (χ4v) is 3.09. The zero-order valence-corrected chi connectivity index (χ0v) is 19.0. The van der Waals surface area contributed by atoms with Crippen LogP contribution in [0.3, 0.4) is 0 Å². The van der Waals surface area contributed by atoms with Gasteiger partial charge >= 0.3 is 0 Å². The maximum atomic E-state index is 4.77. The van der Waals surface area contributed by atoms with Gasteiger partial charge in [0.15, 0.2) is 5.96 Å². The van der Waals surface area contributed by atoms with Crippen LogP contribution < -0.4 is 10.2 Å². The summed E-state index contributed by atoms with van der Waals surface area (Å²) in [6.45, 7) is 10.3. The number of aryl methyl sites for hydroxylation is 1. The van der Waals surface area contributed by atoms with Gasteiger partial charge in [0.2, 0.25) is 5.95 Å². The molecule has 1 aliphatic heterocycles. The van der Waals surface area contributed by atoms with Crippen molar-refractivity contribution in [2.45, 2.75) is 33.2 Å². The van der Waals surface area contributed by atoms with Crippen LogP contribution in [0.15, 0.2) is 29.8 Å². The fraction of sp³-hybridized carbons (Fsp3) is 0.611. The van der Waals surface area contributed by atoms with Crippen LogP contribution in [-0.4, -0.2) is 74.9 Å². The van der Waals surface area contributed by atoms with Crippen LogP contribution in [0.2, 0.25) is 0 Å². The molecule has 0 radical (unpaired) electrons. The lowest BCUT2D eigenvalue weighted by atomic mass is 10.3. The van der Waals surface area contributed by atoms with Gasteiger partial charge in [-0.15, -0.1) is 34.2 Å². The van der Waals surface area contributed by atoms with Crippen molar-refractivity contribution in [3.8, 4) is 0 Å². The third-order valence-corrected chi connectivity index (χ3v) is 4.55. The molecule has 0 unspecified atom stereocenters. The number of hydrogen-bond acceptors (Lipinski definition) is 6. The summed E-state index contributed by atoms with van der Waals surface area (Å²) in [5, 5.41) is 11.6. The number of halogens is 1. The molecule has 10 heteroatoms. The highest BCUT2D eigenvalue weighted by Gasteiger charge is 2.21. The largest absolute Gasteiger partial charge is 0.354 e.